The Balaban J connectivity index is 2.76. The van der Waals surface area contributed by atoms with Gasteiger partial charge in [0.15, 0.2) is 0 Å². The van der Waals surface area contributed by atoms with Crippen LogP contribution < -0.4 is 0 Å². The molecule has 1 fully saturated rings. The smallest absolute Gasteiger partial charge is 0.434 e. The standard InChI is InChI=1S/C12H21NO6/c1-12(2,3)19-11(16)13-8(7-10(15)17-4)9(14)5-6-18-13/h8-9,14H,5-7H2,1-4H3/t8-,9+/m0/s1. The maximum Gasteiger partial charge on any atom is 0.434 e. The number of nitrogens with zero attached hydrogens (tertiary/aromatic N) is 1. The highest BCUT2D eigenvalue weighted by molar-refractivity contribution is 5.72. The van der Waals surface area contributed by atoms with E-state index in [1.54, 1.807) is 20.8 Å². The van der Waals surface area contributed by atoms with Crippen molar-refractivity contribution < 1.29 is 29.0 Å². The van der Waals surface area contributed by atoms with Crippen molar-refractivity contribution in [3.8, 4) is 0 Å². The number of hydroxylamine groups is 2. The van der Waals surface area contributed by atoms with E-state index in [1.807, 2.05) is 0 Å². The van der Waals surface area contributed by atoms with E-state index < -0.39 is 29.8 Å². The molecule has 0 aromatic rings. The third-order valence-corrected chi connectivity index (χ3v) is 2.57. The molecule has 0 aromatic carbocycles. The van der Waals surface area contributed by atoms with Crippen LogP contribution in [-0.4, -0.2) is 53.7 Å². The van der Waals surface area contributed by atoms with Crippen LogP contribution in [0.2, 0.25) is 0 Å². The molecule has 1 aliphatic rings. The number of methoxy groups -OCH3 is 1. The van der Waals surface area contributed by atoms with E-state index >= 15 is 0 Å². The zero-order chi connectivity index (χ0) is 14.6. The summed E-state index contributed by atoms with van der Waals surface area (Å²) in [5.41, 5.74) is -0.682. The molecule has 2 atom stereocenters. The van der Waals surface area contributed by atoms with Gasteiger partial charge in [-0.3, -0.25) is 9.63 Å². The average Bonchev–Trinajstić information content (AvgIpc) is 2.29. The van der Waals surface area contributed by atoms with Crippen LogP contribution in [0.3, 0.4) is 0 Å². The van der Waals surface area contributed by atoms with Gasteiger partial charge in [-0.1, -0.05) is 0 Å². The molecule has 0 aliphatic carbocycles. The summed E-state index contributed by atoms with van der Waals surface area (Å²) in [4.78, 5) is 28.5. The number of ether oxygens (including phenoxy) is 2. The SMILES string of the molecule is COC(=O)C[C@H]1[C@H](O)CCON1C(=O)OC(C)(C)C. The minimum atomic E-state index is -0.847. The first-order chi connectivity index (χ1) is 8.74. The van der Waals surface area contributed by atoms with Crippen LogP contribution in [0.4, 0.5) is 4.79 Å². The Bertz CT molecular complexity index is 338. The van der Waals surface area contributed by atoms with Gasteiger partial charge >= 0.3 is 12.1 Å². The molecule has 1 N–H and O–H groups in total. The van der Waals surface area contributed by atoms with Crippen LogP contribution in [0.5, 0.6) is 0 Å². The molecule has 110 valence electrons. The lowest BCUT2D eigenvalue weighted by molar-refractivity contribution is -0.223. The number of aliphatic hydroxyl groups is 1. The molecule has 0 saturated carbocycles. The van der Waals surface area contributed by atoms with Crippen molar-refractivity contribution in [2.24, 2.45) is 0 Å². The summed E-state index contributed by atoms with van der Waals surface area (Å²) < 4.78 is 9.72. The first kappa shape index (κ1) is 15.7. The third kappa shape index (κ3) is 4.68. The summed E-state index contributed by atoms with van der Waals surface area (Å²) in [6.45, 7) is 5.36. The van der Waals surface area contributed by atoms with Gasteiger partial charge in [-0.2, -0.15) is 5.06 Å². The Hall–Kier alpha value is -1.34. The van der Waals surface area contributed by atoms with Crippen molar-refractivity contribution in [1.82, 2.24) is 5.06 Å². The van der Waals surface area contributed by atoms with Crippen molar-refractivity contribution in [1.29, 1.82) is 0 Å². The summed E-state index contributed by atoms with van der Waals surface area (Å²) in [6, 6.07) is -0.795. The van der Waals surface area contributed by atoms with E-state index in [4.69, 9.17) is 9.57 Å². The Kier molecular flexibility index (Phi) is 5.13. The van der Waals surface area contributed by atoms with Crippen LogP contribution in [0.1, 0.15) is 33.6 Å². The Morgan fingerprint density at radius 2 is 2.05 bits per heavy atom. The fraction of sp³-hybridized carbons (Fsp3) is 0.833. The summed E-state index contributed by atoms with van der Waals surface area (Å²) in [5, 5.41) is 10.8. The third-order valence-electron chi connectivity index (χ3n) is 2.57. The first-order valence-corrected chi connectivity index (χ1v) is 6.14. The van der Waals surface area contributed by atoms with E-state index in [1.165, 1.54) is 7.11 Å². The van der Waals surface area contributed by atoms with Crippen LogP contribution in [0, 0.1) is 0 Å². The molecular formula is C12H21NO6. The Morgan fingerprint density at radius 3 is 2.58 bits per heavy atom. The highest BCUT2D eigenvalue weighted by Crippen LogP contribution is 2.22. The number of carbonyl (C=O) groups is 2. The van der Waals surface area contributed by atoms with E-state index in [0.29, 0.717) is 6.42 Å². The van der Waals surface area contributed by atoms with Gasteiger partial charge in [-0.25, -0.2) is 4.79 Å². The molecule has 0 unspecified atom stereocenters. The van der Waals surface area contributed by atoms with Gasteiger partial charge in [0.2, 0.25) is 0 Å². The van der Waals surface area contributed by atoms with Crippen molar-refractivity contribution in [3.05, 3.63) is 0 Å². The molecule has 0 bridgehead atoms. The molecule has 1 saturated heterocycles. The normalized spacial score (nSPS) is 23.9. The van der Waals surface area contributed by atoms with Gasteiger partial charge in [0, 0.05) is 6.42 Å². The van der Waals surface area contributed by atoms with Crippen LogP contribution in [0.15, 0.2) is 0 Å². The average molecular weight is 275 g/mol. The predicted molar refractivity (Wildman–Crippen MR) is 65.1 cm³/mol. The first-order valence-electron chi connectivity index (χ1n) is 6.14. The summed E-state index contributed by atoms with van der Waals surface area (Å²) in [6.07, 6.45) is -1.36. The number of amides is 1. The second-order valence-electron chi connectivity index (χ2n) is 5.34. The fourth-order valence-electron chi connectivity index (χ4n) is 1.68. The number of esters is 1. The molecule has 1 heterocycles. The Labute approximate surface area is 112 Å². The number of aliphatic hydroxyl groups excluding tert-OH is 1. The van der Waals surface area contributed by atoms with Crippen LogP contribution in [0.25, 0.3) is 0 Å². The lowest BCUT2D eigenvalue weighted by atomic mass is 10.0. The maximum absolute atomic E-state index is 12.0. The van der Waals surface area contributed by atoms with Crippen molar-refractivity contribution >= 4 is 12.1 Å². The molecule has 0 radical (unpaired) electrons. The van der Waals surface area contributed by atoms with Gasteiger partial charge in [-0.05, 0) is 20.8 Å². The molecule has 1 amide bonds. The molecule has 1 aliphatic heterocycles. The van der Waals surface area contributed by atoms with E-state index in [-0.39, 0.29) is 13.0 Å². The highest BCUT2D eigenvalue weighted by atomic mass is 16.7. The molecule has 0 spiro atoms. The highest BCUT2D eigenvalue weighted by Gasteiger charge is 2.38. The van der Waals surface area contributed by atoms with Gasteiger partial charge in [0.25, 0.3) is 0 Å². The predicted octanol–water partition coefficient (Wildman–Crippen LogP) is 0.851. The molecule has 7 nitrogen and oxygen atoms in total. The quantitative estimate of drug-likeness (QED) is 0.752. The van der Waals surface area contributed by atoms with E-state index in [0.717, 1.165) is 5.06 Å². The molecule has 19 heavy (non-hydrogen) atoms. The minimum absolute atomic E-state index is 0.142. The summed E-state index contributed by atoms with van der Waals surface area (Å²) in [5.74, 6) is -0.525. The maximum atomic E-state index is 12.0. The lowest BCUT2D eigenvalue weighted by Gasteiger charge is -2.37. The fourth-order valence-corrected chi connectivity index (χ4v) is 1.68. The number of hydrogen-bond acceptors (Lipinski definition) is 6. The zero-order valence-corrected chi connectivity index (χ0v) is 11.7. The largest absolute Gasteiger partial charge is 0.469 e. The molecular weight excluding hydrogens is 254 g/mol. The van der Waals surface area contributed by atoms with Gasteiger partial charge in [0.1, 0.15) is 5.60 Å². The zero-order valence-electron chi connectivity index (χ0n) is 11.7. The van der Waals surface area contributed by atoms with Crippen LogP contribution >= 0.6 is 0 Å². The summed E-state index contributed by atoms with van der Waals surface area (Å²) in [7, 11) is 1.25. The molecule has 1 rings (SSSR count). The van der Waals surface area contributed by atoms with Crippen molar-refractivity contribution in [2.75, 3.05) is 13.7 Å². The van der Waals surface area contributed by atoms with Crippen LogP contribution in [-0.2, 0) is 19.1 Å². The lowest BCUT2D eigenvalue weighted by Crippen LogP contribution is -2.53. The Morgan fingerprint density at radius 1 is 1.42 bits per heavy atom. The van der Waals surface area contributed by atoms with E-state index in [2.05, 4.69) is 4.74 Å². The molecule has 0 aromatic heterocycles. The van der Waals surface area contributed by atoms with Crippen molar-refractivity contribution in [2.45, 2.75) is 51.4 Å². The second-order valence-corrected chi connectivity index (χ2v) is 5.34. The van der Waals surface area contributed by atoms with Gasteiger partial charge in [-0.15, -0.1) is 0 Å². The van der Waals surface area contributed by atoms with Crippen molar-refractivity contribution in [3.63, 3.8) is 0 Å². The second kappa shape index (κ2) is 6.21. The topological polar surface area (TPSA) is 85.3 Å². The van der Waals surface area contributed by atoms with Gasteiger partial charge < -0.3 is 14.6 Å². The van der Waals surface area contributed by atoms with E-state index in [9.17, 15) is 14.7 Å². The minimum Gasteiger partial charge on any atom is -0.469 e. The number of hydrogen-bond donors (Lipinski definition) is 1. The monoisotopic (exact) mass is 275 g/mol. The molecule has 7 heteroatoms. The van der Waals surface area contributed by atoms with Gasteiger partial charge in [0.05, 0.1) is 32.3 Å². The number of rotatable bonds is 2. The summed E-state index contributed by atoms with van der Waals surface area (Å²) >= 11 is 0. The number of carbonyl (C=O) groups excluding carboxylic acids is 2.